The van der Waals surface area contributed by atoms with Gasteiger partial charge in [0.25, 0.3) is 0 Å². The number of anilines is 1. The molecule has 0 heterocycles. The lowest BCUT2D eigenvalue weighted by atomic mass is 9.81. The molecule has 0 unspecified atom stereocenters. The highest BCUT2D eigenvalue weighted by Gasteiger charge is 2.27. The summed E-state index contributed by atoms with van der Waals surface area (Å²) >= 11 is 0. The quantitative estimate of drug-likeness (QED) is 0.860. The molecule has 2 rings (SSSR count). The highest BCUT2D eigenvalue weighted by Crippen LogP contribution is 2.26. The van der Waals surface area contributed by atoms with E-state index in [1.54, 1.807) is 4.90 Å². The van der Waals surface area contributed by atoms with E-state index < -0.39 is 0 Å². The second-order valence-corrected chi connectivity index (χ2v) is 5.28. The maximum Gasteiger partial charge on any atom is 0.321 e. The number of nitrogens with one attached hydrogen (secondary N) is 1. The van der Waals surface area contributed by atoms with Gasteiger partial charge in [-0.2, -0.15) is 0 Å². The molecular formula is C14H21N3O. The zero-order valence-electron chi connectivity index (χ0n) is 11.0. The van der Waals surface area contributed by atoms with Gasteiger partial charge in [-0.15, -0.1) is 0 Å². The van der Waals surface area contributed by atoms with Gasteiger partial charge in [-0.25, -0.2) is 4.79 Å². The Morgan fingerprint density at radius 2 is 2.22 bits per heavy atom. The number of nitrogens with zero attached hydrogens (tertiary/aromatic N) is 1. The van der Waals surface area contributed by atoms with Crippen LogP contribution >= 0.6 is 0 Å². The molecule has 0 atom stereocenters. The number of aryl methyl sites for hydroxylation is 1. The maximum atomic E-state index is 12.0. The van der Waals surface area contributed by atoms with Gasteiger partial charge in [0, 0.05) is 25.3 Å². The Bertz CT molecular complexity index is 427. The van der Waals surface area contributed by atoms with Crippen LogP contribution in [-0.2, 0) is 0 Å². The second-order valence-electron chi connectivity index (χ2n) is 5.28. The zero-order chi connectivity index (χ0) is 13.1. The third-order valence-electron chi connectivity index (χ3n) is 3.42. The van der Waals surface area contributed by atoms with Gasteiger partial charge in [-0.1, -0.05) is 12.1 Å². The van der Waals surface area contributed by atoms with Gasteiger partial charge in [0.1, 0.15) is 0 Å². The Balaban J connectivity index is 1.83. The minimum Gasteiger partial charge on any atom is -0.328 e. The largest absolute Gasteiger partial charge is 0.328 e. The minimum absolute atomic E-state index is 0.0546. The fraction of sp³-hybridized carbons (Fsp3) is 0.500. The summed E-state index contributed by atoms with van der Waals surface area (Å²) in [6.07, 6.45) is 2.06. The number of amides is 2. The molecule has 3 N–H and O–H groups in total. The van der Waals surface area contributed by atoms with Crippen molar-refractivity contribution < 1.29 is 4.79 Å². The summed E-state index contributed by atoms with van der Waals surface area (Å²) in [6, 6.07) is 8.10. The maximum absolute atomic E-state index is 12.0. The molecule has 18 heavy (non-hydrogen) atoms. The molecule has 2 amide bonds. The first-order chi connectivity index (χ1) is 8.54. The van der Waals surface area contributed by atoms with Crippen molar-refractivity contribution in [3.8, 4) is 0 Å². The highest BCUT2D eigenvalue weighted by atomic mass is 16.2. The van der Waals surface area contributed by atoms with Gasteiger partial charge >= 0.3 is 6.03 Å². The van der Waals surface area contributed by atoms with Crippen LogP contribution in [0.4, 0.5) is 10.5 Å². The van der Waals surface area contributed by atoms with Gasteiger partial charge in [0.05, 0.1) is 0 Å². The molecule has 0 spiro atoms. The summed E-state index contributed by atoms with van der Waals surface area (Å²) in [5, 5.41) is 2.90. The lowest BCUT2D eigenvalue weighted by Crippen LogP contribution is -2.44. The van der Waals surface area contributed by atoms with Crippen molar-refractivity contribution in [1.82, 2.24) is 4.90 Å². The van der Waals surface area contributed by atoms with Crippen molar-refractivity contribution in [2.75, 3.05) is 18.9 Å². The number of hydrogen-bond acceptors (Lipinski definition) is 2. The molecule has 1 fully saturated rings. The molecule has 0 radical (unpaired) electrons. The van der Waals surface area contributed by atoms with E-state index >= 15 is 0 Å². The van der Waals surface area contributed by atoms with Gasteiger partial charge < -0.3 is 16.0 Å². The molecule has 4 nitrogen and oxygen atoms in total. The average molecular weight is 247 g/mol. The van der Waals surface area contributed by atoms with Crippen molar-refractivity contribution in [2.45, 2.75) is 25.8 Å². The lowest BCUT2D eigenvalue weighted by molar-refractivity contribution is 0.181. The first-order valence-electron chi connectivity index (χ1n) is 6.39. The van der Waals surface area contributed by atoms with Gasteiger partial charge in [0.2, 0.25) is 0 Å². The van der Waals surface area contributed by atoms with Crippen LogP contribution in [0.1, 0.15) is 18.4 Å². The van der Waals surface area contributed by atoms with Crippen LogP contribution in [0.15, 0.2) is 24.3 Å². The first-order valence-corrected chi connectivity index (χ1v) is 6.39. The molecular weight excluding hydrogens is 226 g/mol. The van der Waals surface area contributed by atoms with E-state index in [0.717, 1.165) is 30.6 Å². The normalized spacial score (nSPS) is 22.2. The smallest absolute Gasteiger partial charge is 0.321 e. The average Bonchev–Trinajstić information content (AvgIpc) is 2.26. The van der Waals surface area contributed by atoms with E-state index in [0.29, 0.717) is 12.0 Å². The predicted molar refractivity (Wildman–Crippen MR) is 73.5 cm³/mol. The highest BCUT2D eigenvalue weighted by molar-refractivity contribution is 5.89. The Hall–Kier alpha value is -1.55. The molecule has 0 aliphatic heterocycles. The van der Waals surface area contributed by atoms with Crippen molar-refractivity contribution in [3.63, 3.8) is 0 Å². The molecule has 98 valence electrons. The van der Waals surface area contributed by atoms with E-state index in [1.807, 2.05) is 38.2 Å². The molecule has 0 bridgehead atoms. The number of carbonyl (C=O) groups is 1. The number of benzene rings is 1. The van der Waals surface area contributed by atoms with Crippen molar-refractivity contribution in [2.24, 2.45) is 11.7 Å². The summed E-state index contributed by atoms with van der Waals surface area (Å²) in [5.74, 6) is 0.563. The van der Waals surface area contributed by atoms with Crippen LogP contribution in [0.2, 0.25) is 0 Å². The van der Waals surface area contributed by atoms with Crippen molar-refractivity contribution in [1.29, 1.82) is 0 Å². The molecule has 1 aliphatic rings. The number of urea groups is 1. The summed E-state index contributed by atoms with van der Waals surface area (Å²) in [5.41, 5.74) is 7.73. The predicted octanol–water partition coefficient (Wildman–Crippen LogP) is 2.20. The van der Waals surface area contributed by atoms with E-state index in [1.165, 1.54) is 0 Å². The van der Waals surface area contributed by atoms with Crippen LogP contribution in [0.25, 0.3) is 0 Å². The van der Waals surface area contributed by atoms with Crippen LogP contribution in [-0.4, -0.2) is 30.6 Å². The Morgan fingerprint density at radius 1 is 1.50 bits per heavy atom. The van der Waals surface area contributed by atoms with Crippen molar-refractivity contribution >= 4 is 11.7 Å². The molecule has 0 aromatic heterocycles. The summed E-state index contributed by atoms with van der Waals surface area (Å²) < 4.78 is 0. The fourth-order valence-corrected chi connectivity index (χ4v) is 2.35. The molecule has 1 saturated carbocycles. The van der Waals surface area contributed by atoms with Crippen LogP contribution in [0, 0.1) is 12.8 Å². The van der Waals surface area contributed by atoms with Crippen molar-refractivity contribution in [3.05, 3.63) is 29.8 Å². The van der Waals surface area contributed by atoms with Crippen LogP contribution in [0.5, 0.6) is 0 Å². The standard InChI is InChI=1S/C14H21N3O/c1-10-4-3-5-13(6-10)16-14(18)17(2)9-11-7-12(15)8-11/h3-6,11-12H,7-9,15H2,1-2H3,(H,16,18). The number of nitrogens with two attached hydrogens (primary N) is 1. The number of rotatable bonds is 3. The summed E-state index contributed by atoms with van der Waals surface area (Å²) in [7, 11) is 1.83. The van der Waals surface area contributed by atoms with E-state index in [4.69, 9.17) is 5.73 Å². The Kier molecular flexibility index (Phi) is 3.87. The summed E-state index contributed by atoms with van der Waals surface area (Å²) in [4.78, 5) is 13.7. The van der Waals surface area contributed by atoms with Gasteiger partial charge in [-0.05, 0) is 43.4 Å². The molecule has 4 heteroatoms. The van der Waals surface area contributed by atoms with Gasteiger partial charge in [0.15, 0.2) is 0 Å². The third kappa shape index (κ3) is 3.23. The number of carbonyl (C=O) groups excluding carboxylic acids is 1. The molecule has 1 aromatic carbocycles. The third-order valence-corrected chi connectivity index (χ3v) is 3.42. The zero-order valence-corrected chi connectivity index (χ0v) is 11.0. The Labute approximate surface area is 108 Å². The monoisotopic (exact) mass is 247 g/mol. The molecule has 0 saturated heterocycles. The van der Waals surface area contributed by atoms with E-state index in [-0.39, 0.29) is 6.03 Å². The van der Waals surface area contributed by atoms with Crippen LogP contribution in [0.3, 0.4) is 0 Å². The Morgan fingerprint density at radius 3 is 2.83 bits per heavy atom. The minimum atomic E-state index is -0.0546. The molecule has 1 aromatic rings. The van der Waals surface area contributed by atoms with E-state index in [9.17, 15) is 4.79 Å². The first kappa shape index (κ1) is 12.9. The lowest BCUT2D eigenvalue weighted by Gasteiger charge is -2.35. The summed E-state index contributed by atoms with van der Waals surface area (Å²) in [6.45, 7) is 2.79. The number of hydrogen-bond donors (Lipinski definition) is 2. The molecule has 1 aliphatic carbocycles. The van der Waals surface area contributed by atoms with E-state index in [2.05, 4.69) is 5.32 Å². The fourth-order valence-electron chi connectivity index (χ4n) is 2.35. The van der Waals surface area contributed by atoms with Gasteiger partial charge in [-0.3, -0.25) is 0 Å². The topological polar surface area (TPSA) is 58.4 Å². The second kappa shape index (κ2) is 5.40. The van der Waals surface area contributed by atoms with Crippen LogP contribution < -0.4 is 11.1 Å². The SMILES string of the molecule is Cc1cccc(NC(=O)N(C)CC2CC(N)C2)c1.